The fourth-order valence-corrected chi connectivity index (χ4v) is 1.93. The molecule has 1 amide bonds. The number of nitrogens with one attached hydrogen (secondary N) is 1. The molecule has 1 unspecified atom stereocenters. The highest BCUT2D eigenvalue weighted by Crippen LogP contribution is 2.12. The molecule has 0 aliphatic rings. The fraction of sp³-hybridized carbons (Fsp3) is 0.571. The standard InChI is InChI=1S/C14H23N3O2/c1-4-8-14(3,15)13(19)16-11-6-7-12(18)17(10-11)9-5-2/h6-7,10H,4-5,8-9,15H2,1-3H3,(H,16,19). The molecule has 0 radical (unpaired) electrons. The average molecular weight is 265 g/mol. The molecule has 3 N–H and O–H groups in total. The van der Waals surface area contributed by atoms with E-state index in [1.54, 1.807) is 23.8 Å². The van der Waals surface area contributed by atoms with Crippen molar-refractivity contribution in [2.75, 3.05) is 5.32 Å². The minimum absolute atomic E-state index is 0.0658. The lowest BCUT2D eigenvalue weighted by atomic mass is 9.96. The summed E-state index contributed by atoms with van der Waals surface area (Å²) in [6.45, 7) is 6.33. The van der Waals surface area contributed by atoms with Gasteiger partial charge in [0.25, 0.3) is 5.56 Å². The van der Waals surface area contributed by atoms with Crippen LogP contribution < -0.4 is 16.6 Å². The summed E-state index contributed by atoms with van der Waals surface area (Å²) >= 11 is 0. The molecule has 1 aromatic rings. The van der Waals surface area contributed by atoms with E-state index in [4.69, 9.17) is 5.73 Å². The van der Waals surface area contributed by atoms with Crippen LogP contribution in [0.2, 0.25) is 0 Å². The van der Waals surface area contributed by atoms with Gasteiger partial charge in [-0.05, 0) is 25.8 Å². The number of hydrogen-bond donors (Lipinski definition) is 2. The van der Waals surface area contributed by atoms with Crippen molar-refractivity contribution in [1.82, 2.24) is 4.57 Å². The summed E-state index contributed by atoms with van der Waals surface area (Å²) in [7, 11) is 0. The van der Waals surface area contributed by atoms with E-state index < -0.39 is 5.54 Å². The lowest BCUT2D eigenvalue weighted by Gasteiger charge is -2.23. The van der Waals surface area contributed by atoms with Crippen LogP contribution >= 0.6 is 0 Å². The van der Waals surface area contributed by atoms with E-state index in [-0.39, 0.29) is 11.5 Å². The fourth-order valence-electron chi connectivity index (χ4n) is 1.93. The van der Waals surface area contributed by atoms with Crippen LogP contribution in [0, 0.1) is 0 Å². The van der Waals surface area contributed by atoms with Gasteiger partial charge in [0.2, 0.25) is 5.91 Å². The zero-order chi connectivity index (χ0) is 14.5. The Kier molecular flexibility index (Phi) is 5.30. The quantitative estimate of drug-likeness (QED) is 0.822. The molecule has 0 saturated heterocycles. The molecule has 0 saturated carbocycles. The Balaban J connectivity index is 2.85. The first-order valence-corrected chi connectivity index (χ1v) is 6.71. The molecule has 5 nitrogen and oxygen atoms in total. The Hall–Kier alpha value is -1.62. The lowest BCUT2D eigenvalue weighted by molar-refractivity contribution is -0.120. The van der Waals surface area contributed by atoms with Gasteiger partial charge >= 0.3 is 0 Å². The zero-order valence-corrected chi connectivity index (χ0v) is 11.9. The van der Waals surface area contributed by atoms with Crippen LogP contribution in [0.3, 0.4) is 0 Å². The molecule has 1 atom stereocenters. The minimum atomic E-state index is -0.888. The van der Waals surface area contributed by atoms with Crippen molar-refractivity contribution < 1.29 is 4.79 Å². The van der Waals surface area contributed by atoms with Gasteiger partial charge in [-0.25, -0.2) is 0 Å². The molecular weight excluding hydrogens is 242 g/mol. The van der Waals surface area contributed by atoms with Crippen LogP contribution in [0.15, 0.2) is 23.1 Å². The third kappa shape index (κ3) is 4.21. The van der Waals surface area contributed by atoms with Crippen LogP contribution in [0.25, 0.3) is 0 Å². The largest absolute Gasteiger partial charge is 0.323 e. The Morgan fingerprint density at radius 2 is 2.05 bits per heavy atom. The van der Waals surface area contributed by atoms with Crippen molar-refractivity contribution in [3.8, 4) is 0 Å². The normalized spacial score (nSPS) is 13.9. The molecule has 5 heteroatoms. The van der Waals surface area contributed by atoms with Crippen LogP contribution in [0.4, 0.5) is 5.69 Å². The number of hydrogen-bond acceptors (Lipinski definition) is 3. The van der Waals surface area contributed by atoms with Gasteiger partial charge in [-0.15, -0.1) is 0 Å². The molecular formula is C14H23N3O2. The smallest absolute Gasteiger partial charge is 0.250 e. The van der Waals surface area contributed by atoms with E-state index in [0.717, 1.165) is 12.8 Å². The molecule has 19 heavy (non-hydrogen) atoms. The molecule has 1 rings (SSSR count). The van der Waals surface area contributed by atoms with Gasteiger partial charge in [-0.3, -0.25) is 9.59 Å². The predicted octanol–water partition coefficient (Wildman–Crippen LogP) is 1.71. The summed E-state index contributed by atoms with van der Waals surface area (Å²) in [5, 5.41) is 2.77. The van der Waals surface area contributed by atoms with Gasteiger partial charge < -0.3 is 15.6 Å². The summed E-state index contributed by atoms with van der Waals surface area (Å²) < 4.78 is 1.59. The van der Waals surface area contributed by atoms with Crippen LogP contribution in [-0.4, -0.2) is 16.0 Å². The molecule has 0 aliphatic carbocycles. The number of aromatic nitrogens is 1. The van der Waals surface area contributed by atoms with Crippen molar-refractivity contribution in [2.45, 2.75) is 52.1 Å². The SMILES string of the molecule is CCCn1cc(NC(=O)C(C)(N)CCC)ccc1=O. The summed E-state index contributed by atoms with van der Waals surface area (Å²) in [6.07, 6.45) is 3.98. The lowest BCUT2D eigenvalue weighted by Crippen LogP contribution is -2.48. The number of amides is 1. The minimum Gasteiger partial charge on any atom is -0.323 e. The molecule has 106 valence electrons. The zero-order valence-electron chi connectivity index (χ0n) is 11.9. The van der Waals surface area contributed by atoms with E-state index in [1.165, 1.54) is 6.07 Å². The molecule has 0 bridgehead atoms. The van der Waals surface area contributed by atoms with E-state index in [2.05, 4.69) is 5.32 Å². The summed E-state index contributed by atoms with van der Waals surface area (Å²) in [5.74, 6) is -0.226. The van der Waals surface area contributed by atoms with E-state index in [1.807, 2.05) is 13.8 Å². The first-order valence-electron chi connectivity index (χ1n) is 6.71. The highest BCUT2D eigenvalue weighted by molar-refractivity contribution is 5.97. The summed E-state index contributed by atoms with van der Waals surface area (Å²) in [4.78, 5) is 23.6. The van der Waals surface area contributed by atoms with Crippen LogP contribution in [-0.2, 0) is 11.3 Å². The van der Waals surface area contributed by atoms with Gasteiger partial charge in [-0.2, -0.15) is 0 Å². The molecule has 0 aliphatic heterocycles. The molecule has 0 spiro atoms. The van der Waals surface area contributed by atoms with Crippen molar-refractivity contribution in [3.63, 3.8) is 0 Å². The number of anilines is 1. The number of aryl methyl sites for hydroxylation is 1. The second-order valence-corrected chi connectivity index (χ2v) is 5.07. The Morgan fingerprint density at radius 1 is 1.37 bits per heavy atom. The highest BCUT2D eigenvalue weighted by Gasteiger charge is 2.27. The van der Waals surface area contributed by atoms with Crippen molar-refractivity contribution in [2.24, 2.45) is 5.73 Å². The van der Waals surface area contributed by atoms with Gasteiger partial charge in [0.05, 0.1) is 11.2 Å². The first-order chi connectivity index (χ1) is 8.90. The molecule has 1 aromatic heterocycles. The van der Waals surface area contributed by atoms with Gasteiger partial charge in [0, 0.05) is 18.8 Å². The van der Waals surface area contributed by atoms with Gasteiger partial charge in [0.15, 0.2) is 0 Å². The number of rotatable bonds is 6. The summed E-state index contributed by atoms with van der Waals surface area (Å²) in [5.41, 5.74) is 5.61. The van der Waals surface area contributed by atoms with Crippen LogP contribution in [0.5, 0.6) is 0 Å². The summed E-state index contributed by atoms with van der Waals surface area (Å²) in [6, 6.07) is 3.06. The molecule has 0 fully saturated rings. The maximum absolute atomic E-state index is 12.1. The van der Waals surface area contributed by atoms with Gasteiger partial charge in [-0.1, -0.05) is 20.3 Å². The van der Waals surface area contributed by atoms with Gasteiger partial charge in [0.1, 0.15) is 0 Å². The number of carbonyl (C=O) groups is 1. The van der Waals surface area contributed by atoms with E-state index in [9.17, 15) is 9.59 Å². The topological polar surface area (TPSA) is 77.1 Å². The molecule has 1 heterocycles. The second-order valence-electron chi connectivity index (χ2n) is 5.07. The Bertz CT molecular complexity index is 492. The third-order valence-corrected chi connectivity index (χ3v) is 2.99. The second kappa shape index (κ2) is 6.52. The number of carbonyl (C=O) groups excluding carboxylic acids is 1. The van der Waals surface area contributed by atoms with E-state index in [0.29, 0.717) is 18.7 Å². The highest BCUT2D eigenvalue weighted by atomic mass is 16.2. The van der Waals surface area contributed by atoms with E-state index >= 15 is 0 Å². The Labute approximate surface area is 113 Å². The Morgan fingerprint density at radius 3 is 2.63 bits per heavy atom. The number of nitrogens with zero attached hydrogens (tertiary/aromatic N) is 1. The van der Waals surface area contributed by atoms with Crippen molar-refractivity contribution >= 4 is 11.6 Å². The maximum Gasteiger partial charge on any atom is 0.250 e. The van der Waals surface area contributed by atoms with Crippen molar-refractivity contribution in [3.05, 3.63) is 28.7 Å². The molecule has 0 aromatic carbocycles. The van der Waals surface area contributed by atoms with Crippen molar-refractivity contribution in [1.29, 1.82) is 0 Å². The maximum atomic E-state index is 12.1. The first kappa shape index (κ1) is 15.4. The average Bonchev–Trinajstić information content (AvgIpc) is 2.33. The number of nitrogens with two attached hydrogens (primary N) is 1. The monoisotopic (exact) mass is 265 g/mol. The predicted molar refractivity (Wildman–Crippen MR) is 77.1 cm³/mol. The third-order valence-electron chi connectivity index (χ3n) is 2.99. The van der Waals surface area contributed by atoms with Crippen LogP contribution in [0.1, 0.15) is 40.0 Å². The number of pyridine rings is 1.